The molecule has 0 aliphatic carbocycles. The van der Waals surface area contributed by atoms with Crippen molar-refractivity contribution in [1.29, 1.82) is 0 Å². The summed E-state index contributed by atoms with van der Waals surface area (Å²) in [7, 11) is 1.34. The Hall–Kier alpha value is -4.25. The maximum absolute atomic E-state index is 15.6. The number of benzene rings is 2. The molecule has 1 aliphatic heterocycles. The SMILES string of the molecule is COc1c(N2CCCC(=C(F)CNC(=O)C(N)Cc3ccccc3)C2)c(F)cc2c(=O)c(C(=O)O)cn(C(C)C)c12. The normalized spacial score (nSPS) is 15.6. The Labute approximate surface area is 236 Å². The van der Waals surface area contributed by atoms with E-state index in [1.807, 2.05) is 30.3 Å². The number of ether oxygens (including phenoxy) is 1. The van der Waals surface area contributed by atoms with Crippen LogP contribution in [0, 0.1) is 5.82 Å². The van der Waals surface area contributed by atoms with Gasteiger partial charge in [-0.15, -0.1) is 0 Å². The summed E-state index contributed by atoms with van der Waals surface area (Å²) in [6, 6.07) is 9.17. The van der Waals surface area contributed by atoms with Gasteiger partial charge in [-0.25, -0.2) is 13.6 Å². The van der Waals surface area contributed by atoms with Crippen molar-refractivity contribution in [3.8, 4) is 5.75 Å². The molecule has 41 heavy (non-hydrogen) atoms. The summed E-state index contributed by atoms with van der Waals surface area (Å²) in [4.78, 5) is 38.8. The highest BCUT2D eigenvalue weighted by atomic mass is 19.1. The molecule has 2 heterocycles. The van der Waals surface area contributed by atoms with Gasteiger partial charge in [0.1, 0.15) is 17.1 Å². The number of hydrogen-bond donors (Lipinski definition) is 3. The molecule has 4 rings (SSSR count). The zero-order valence-corrected chi connectivity index (χ0v) is 23.2. The molecule has 1 atom stereocenters. The molecule has 11 heteroatoms. The fourth-order valence-corrected chi connectivity index (χ4v) is 5.16. The summed E-state index contributed by atoms with van der Waals surface area (Å²) < 4.78 is 38.1. The second-order valence-corrected chi connectivity index (χ2v) is 10.4. The van der Waals surface area contributed by atoms with Gasteiger partial charge >= 0.3 is 5.97 Å². The topological polar surface area (TPSA) is 127 Å². The summed E-state index contributed by atoms with van der Waals surface area (Å²) in [6.07, 6.45) is 2.48. The van der Waals surface area contributed by atoms with E-state index in [1.165, 1.54) is 13.3 Å². The molecule has 0 saturated carbocycles. The number of aromatic nitrogens is 1. The van der Waals surface area contributed by atoms with E-state index in [0.29, 0.717) is 31.4 Å². The number of fused-ring (bicyclic) bond motifs is 1. The van der Waals surface area contributed by atoms with Crippen molar-refractivity contribution in [2.45, 2.75) is 45.2 Å². The smallest absolute Gasteiger partial charge is 0.341 e. The molecule has 4 N–H and O–H groups in total. The number of anilines is 1. The van der Waals surface area contributed by atoms with Crippen LogP contribution in [-0.4, -0.2) is 54.3 Å². The molecule has 1 amide bonds. The van der Waals surface area contributed by atoms with Crippen LogP contribution in [0.15, 0.2) is 58.8 Å². The van der Waals surface area contributed by atoms with Crippen molar-refractivity contribution in [2.75, 3.05) is 31.6 Å². The molecule has 0 bridgehead atoms. The zero-order valence-electron chi connectivity index (χ0n) is 23.2. The predicted molar refractivity (Wildman–Crippen MR) is 153 cm³/mol. The van der Waals surface area contributed by atoms with Crippen LogP contribution in [0.5, 0.6) is 5.75 Å². The van der Waals surface area contributed by atoms with Crippen molar-refractivity contribution in [3.63, 3.8) is 0 Å². The Kier molecular flexibility index (Phi) is 9.07. The van der Waals surface area contributed by atoms with Crippen LogP contribution in [0.3, 0.4) is 0 Å². The van der Waals surface area contributed by atoms with Crippen LogP contribution in [0.1, 0.15) is 48.7 Å². The molecular formula is C30H34F2N4O5. The lowest BCUT2D eigenvalue weighted by atomic mass is 10.0. The number of carboxylic acid groups (broad SMARTS) is 1. The molecule has 0 radical (unpaired) electrons. The van der Waals surface area contributed by atoms with E-state index in [9.17, 15) is 19.5 Å². The fraction of sp³-hybridized carbons (Fsp3) is 0.367. The maximum Gasteiger partial charge on any atom is 0.341 e. The summed E-state index contributed by atoms with van der Waals surface area (Å²) in [5, 5.41) is 12.0. The summed E-state index contributed by atoms with van der Waals surface area (Å²) in [6.45, 7) is 3.69. The van der Waals surface area contributed by atoms with Gasteiger partial charge < -0.3 is 30.4 Å². The number of pyridine rings is 1. The molecule has 1 aromatic heterocycles. The van der Waals surface area contributed by atoms with Gasteiger partial charge in [0, 0.05) is 25.3 Å². The summed E-state index contributed by atoms with van der Waals surface area (Å²) in [5.74, 6) is -3.15. The zero-order chi connectivity index (χ0) is 29.8. The van der Waals surface area contributed by atoms with Gasteiger partial charge in [-0.05, 0) is 50.3 Å². The first-order valence-electron chi connectivity index (χ1n) is 13.4. The van der Waals surface area contributed by atoms with Crippen molar-refractivity contribution in [1.82, 2.24) is 9.88 Å². The van der Waals surface area contributed by atoms with Crippen molar-refractivity contribution >= 4 is 28.5 Å². The molecule has 1 fully saturated rings. The number of nitrogens with zero attached hydrogens (tertiary/aromatic N) is 2. The number of piperidine rings is 1. The lowest BCUT2D eigenvalue weighted by molar-refractivity contribution is -0.122. The third-order valence-corrected chi connectivity index (χ3v) is 7.23. The molecule has 1 aliphatic rings. The minimum absolute atomic E-state index is 0.0374. The number of hydrogen-bond acceptors (Lipinski definition) is 6. The summed E-state index contributed by atoms with van der Waals surface area (Å²) >= 11 is 0. The molecule has 2 aromatic carbocycles. The number of amides is 1. The summed E-state index contributed by atoms with van der Waals surface area (Å²) in [5.41, 5.74) is 6.31. The van der Waals surface area contributed by atoms with Gasteiger partial charge in [0.25, 0.3) is 0 Å². The average Bonchev–Trinajstić information content (AvgIpc) is 2.95. The third-order valence-electron chi connectivity index (χ3n) is 7.23. The highest BCUT2D eigenvalue weighted by Gasteiger charge is 2.29. The second-order valence-electron chi connectivity index (χ2n) is 10.4. The van der Waals surface area contributed by atoms with Crippen LogP contribution >= 0.6 is 0 Å². The standard InChI is InChI=1S/C30H34F2N4O5/c1-17(2)36-16-21(30(39)40)27(37)20-13-22(31)26(28(41-3)25(20)36)35-11-7-10-19(15-35)23(32)14-34-29(38)24(33)12-18-8-5-4-6-9-18/h4-6,8-9,13,16-17,24H,7,10-12,14-15,33H2,1-3H3,(H,34,38)(H,39,40). The average molecular weight is 569 g/mol. The van der Waals surface area contributed by atoms with Crippen LogP contribution < -0.4 is 26.1 Å². The van der Waals surface area contributed by atoms with Crippen LogP contribution in [0.4, 0.5) is 14.5 Å². The van der Waals surface area contributed by atoms with Crippen LogP contribution in [-0.2, 0) is 11.2 Å². The van der Waals surface area contributed by atoms with Gasteiger partial charge in [0.15, 0.2) is 11.6 Å². The van der Waals surface area contributed by atoms with Gasteiger partial charge in [0.2, 0.25) is 11.3 Å². The van der Waals surface area contributed by atoms with E-state index < -0.39 is 40.6 Å². The van der Waals surface area contributed by atoms with E-state index in [2.05, 4.69) is 5.32 Å². The number of halogens is 2. The Morgan fingerprint density at radius 1 is 1.22 bits per heavy atom. The number of aromatic carboxylic acids is 1. The molecule has 218 valence electrons. The lowest BCUT2D eigenvalue weighted by Crippen LogP contribution is -2.42. The molecule has 9 nitrogen and oxygen atoms in total. The minimum Gasteiger partial charge on any atom is -0.492 e. The van der Waals surface area contributed by atoms with Crippen LogP contribution in [0.25, 0.3) is 10.9 Å². The Balaban J connectivity index is 1.62. The van der Waals surface area contributed by atoms with Crippen molar-refractivity contribution in [2.24, 2.45) is 5.73 Å². The number of carboxylic acids is 1. The number of nitrogens with one attached hydrogen (secondary N) is 1. The Morgan fingerprint density at radius 2 is 1.93 bits per heavy atom. The van der Waals surface area contributed by atoms with Gasteiger partial charge in [-0.3, -0.25) is 9.59 Å². The van der Waals surface area contributed by atoms with Gasteiger partial charge in [0.05, 0.1) is 30.6 Å². The van der Waals surface area contributed by atoms with E-state index >= 15 is 8.78 Å². The van der Waals surface area contributed by atoms with Gasteiger partial charge in [-0.1, -0.05) is 30.3 Å². The van der Waals surface area contributed by atoms with E-state index in [-0.39, 0.29) is 41.5 Å². The highest BCUT2D eigenvalue weighted by Crippen LogP contribution is 2.40. The molecule has 3 aromatic rings. The van der Waals surface area contributed by atoms with Crippen LogP contribution in [0.2, 0.25) is 0 Å². The first-order chi connectivity index (χ1) is 19.5. The van der Waals surface area contributed by atoms with Crippen molar-refractivity contribution < 1.29 is 28.2 Å². The van der Waals surface area contributed by atoms with Gasteiger partial charge in [-0.2, -0.15) is 0 Å². The Morgan fingerprint density at radius 3 is 2.56 bits per heavy atom. The quantitative estimate of drug-likeness (QED) is 0.357. The number of carbonyl (C=O) groups is 2. The second kappa shape index (κ2) is 12.5. The number of carbonyl (C=O) groups excluding carboxylic acids is 1. The monoisotopic (exact) mass is 568 g/mol. The molecule has 1 saturated heterocycles. The van der Waals surface area contributed by atoms with Crippen molar-refractivity contribution in [3.05, 3.63) is 81.2 Å². The number of nitrogens with two attached hydrogens (primary N) is 1. The molecule has 1 unspecified atom stereocenters. The van der Waals surface area contributed by atoms with E-state index in [1.54, 1.807) is 23.3 Å². The number of methoxy groups -OCH3 is 1. The lowest BCUT2D eigenvalue weighted by Gasteiger charge is -2.33. The Bertz CT molecular complexity index is 1550. The third kappa shape index (κ3) is 6.25. The number of rotatable bonds is 9. The molecule has 0 spiro atoms. The first kappa shape index (κ1) is 29.7. The fourth-order valence-electron chi connectivity index (χ4n) is 5.16. The minimum atomic E-state index is -1.41. The predicted octanol–water partition coefficient (Wildman–Crippen LogP) is 3.94. The largest absolute Gasteiger partial charge is 0.492 e. The van der Waals surface area contributed by atoms with E-state index in [4.69, 9.17) is 10.5 Å². The maximum atomic E-state index is 15.6. The first-order valence-corrected chi connectivity index (χ1v) is 13.4. The van der Waals surface area contributed by atoms with E-state index in [0.717, 1.165) is 11.6 Å². The molecular weight excluding hydrogens is 534 g/mol. The highest BCUT2D eigenvalue weighted by molar-refractivity contribution is 5.97.